The number of aryl methyl sites for hydroxylation is 2. The number of likely N-dealkylation sites (tertiary alicyclic amines) is 1. The van der Waals surface area contributed by atoms with Crippen LogP contribution in [-0.4, -0.2) is 38.4 Å². The topological polar surface area (TPSA) is 79.6 Å². The second-order valence-corrected chi connectivity index (χ2v) is 10.2. The van der Waals surface area contributed by atoms with Gasteiger partial charge in [-0.1, -0.05) is 19.3 Å². The van der Waals surface area contributed by atoms with Crippen LogP contribution in [0, 0.1) is 20.8 Å². The first kappa shape index (κ1) is 20.4. The van der Waals surface area contributed by atoms with Gasteiger partial charge in [0, 0.05) is 30.1 Å². The lowest BCUT2D eigenvalue weighted by Crippen LogP contribution is -2.36. The standard InChI is InChI=1S/C22H30N2O4S/c1-14-13-18-16(3)19(22(25)24-11-7-8-12-24)28-20(18)21(15(14)2)29(26,27)23-17-9-5-4-6-10-17/h13,17,23H,4-12H2,1-3H3. The maximum absolute atomic E-state index is 13.4. The zero-order chi connectivity index (χ0) is 20.8. The van der Waals surface area contributed by atoms with Crippen molar-refractivity contribution >= 4 is 26.9 Å². The lowest BCUT2D eigenvalue weighted by Gasteiger charge is -2.23. The van der Waals surface area contributed by atoms with Gasteiger partial charge in [-0.2, -0.15) is 0 Å². The van der Waals surface area contributed by atoms with Gasteiger partial charge in [-0.3, -0.25) is 4.79 Å². The van der Waals surface area contributed by atoms with Gasteiger partial charge in [-0.25, -0.2) is 13.1 Å². The Morgan fingerprint density at radius 1 is 1.03 bits per heavy atom. The second-order valence-electron chi connectivity index (χ2n) is 8.54. The Balaban J connectivity index is 1.81. The number of carbonyl (C=O) groups is 1. The smallest absolute Gasteiger partial charge is 0.289 e. The summed E-state index contributed by atoms with van der Waals surface area (Å²) in [6.45, 7) is 7.01. The van der Waals surface area contributed by atoms with Gasteiger partial charge in [-0.15, -0.1) is 0 Å². The van der Waals surface area contributed by atoms with Crippen molar-refractivity contribution in [1.29, 1.82) is 0 Å². The third-order valence-corrected chi connectivity index (χ3v) is 8.15. The molecule has 1 aromatic carbocycles. The monoisotopic (exact) mass is 418 g/mol. The summed E-state index contributed by atoms with van der Waals surface area (Å²) in [5, 5.41) is 0.708. The molecule has 0 radical (unpaired) electrons. The summed E-state index contributed by atoms with van der Waals surface area (Å²) in [5.41, 5.74) is 2.57. The molecule has 4 rings (SSSR count). The van der Waals surface area contributed by atoms with Gasteiger partial charge in [0.25, 0.3) is 5.91 Å². The van der Waals surface area contributed by atoms with Crippen molar-refractivity contribution in [3.8, 4) is 0 Å². The Bertz CT molecular complexity index is 1040. The van der Waals surface area contributed by atoms with Gasteiger partial charge in [0.2, 0.25) is 10.0 Å². The molecule has 2 fully saturated rings. The van der Waals surface area contributed by atoms with Crippen LogP contribution >= 0.6 is 0 Å². The number of hydrogen-bond acceptors (Lipinski definition) is 4. The minimum atomic E-state index is -3.76. The maximum Gasteiger partial charge on any atom is 0.289 e. The molecule has 0 bridgehead atoms. The van der Waals surface area contributed by atoms with Crippen molar-refractivity contribution in [3.05, 3.63) is 28.5 Å². The zero-order valence-electron chi connectivity index (χ0n) is 17.5. The molecule has 1 saturated carbocycles. The van der Waals surface area contributed by atoms with Crippen LogP contribution in [0.4, 0.5) is 0 Å². The first-order valence-electron chi connectivity index (χ1n) is 10.6. The number of fused-ring (bicyclic) bond motifs is 1. The minimum Gasteiger partial charge on any atom is -0.449 e. The van der Waals surface area contributed by atoms with E-state index in [1.54, 1.807) is 4.90 Å². The van der Waals surface area contributed by atoms with Crippen LogP contribution in [0.1, 0.15) is 72.2 Å². The van der Waals surface area contributed by atoms with E-state index in [1.165, 1.54) is 0 Å². The van der Waals surface area contributed by atoms with Crippen LogP contribution < -0.4 is 4.72 Å². The molecule has 6 nitrogen and oxygen atoms in total. The molecule has 1 aliphatic carbocycles. The Morgan fingerprint density at radius 3 is 2.34 bits per heavy atom. The molecule has 0 unspecified atom stereocenters. The Labute approximate surface area is 172 Å². The minimum absolute atomic E-state index is 0.0366. The molecular formula is C22H30N2O4S. The highest BCUT2D eigenvalue weighted by atomic mass is 32.2. The number of carbonyl (C=O) groups excluding carboxylic acids is 1. The quantitative estimate of drug-likeness (QED) is 0.807. The summed E-state index contributed by atoms with van der Waals surface area (Å²) in [4.78, 5) is 14.9. The predicted molar refractivity (Wildman–Crippen MR) is 113 cm³/mol. The molecule has 1 saturated heterocycles. The molecule has 1 N–H and O–H groups in total. The number of hydrogen-bond donors (Lipinski definition) is 1. The third kappa shape index (κ3) is 3.70. The molecule has 0 spiro atoms. The van der Waals surface area contributed by atoms with Crippen molar-refractivity contribution in [2.75, 3.05) is 13.1 Å². The highest BCUT2D eigenvalue weighted by molar-refractivity contribution is 7.89. The van der Waals surface area contributed by atoms with Crippen molar-refractivity contribution in [3.63, 3.8) is 0 Å². The normalized spacial score (nSPS) is 18.7. The lowest BCUT2D eigenvalue weighted by atomic mass is 9.96. The van der Waals surface area contributed by atoms with Crippen molar-refractivity contribution in [2.24, 2.45) is 0 Å². The Kier molecular flexibility index (Phi) is 5.46. The summed E-state index contributed by atoms with van der Waals surface area (Å²) in [6.07, 6.45) is 6.97. The van der Waals surface area contributed by atoms with Crippen molar-refractivity contribution < 1.29 is 17.6 Å². The number of nitrogens with zero attached hydrogens (tertiary/aromatic N) is 1. The van der Waals surface area contributed by atoms with Gasteiger partial charge in [0.05, 0.1) is 0 Å². The van der Waals surface area contributed by atoms with Gasteiger partial charge >= 0.3 is 0 Å². The third-order valence-electron chi connectivity index (χ3n) is 6.48. The number of sulfonamides is 1. The Hall–Kier alpha value is -1.86. The summed E-state index contributed by atoms with van der Waals surface area (Å²) in [5.74, 6) is 0.121. The SMILES string of the molecule is Cc1cc2c(C)c(C(=O)N3CCCC3)oc2c(S(=O)(=O)NC2CCCCC2)c1C. The first-order valence-corrected chi connectivity index (χ1v) is 12.1. The van der Waals surface area contributed by atoms with E-state index < -0.39 is 10.0 Å². The average Bonchev–Trinajstić information content (AvgIpc) is 3.32. The molecule has 1 amide bonds. The van der Waals surface area contributed by atoms with Gasteiger partial charge < -0.3 is 9.32 Å². The lowest BCUT2D eigenvalue weighted by molar-refractivity contribution is 0.0762. The van der Waals surface area contributed by atoms with E-state index in [0.29, 0.717) is 22.1 Å². The molecule has 1 aromatic heterocycles. The number of benzene rings is 1. The highest BCUT2D eigenvalue weighted by Gasteiger charge is 2.31. The zero-order valence-corrected chi connectivity index (χ0v) is 18.3. The largest absolute Gasteiger partial charge is 0.449 e. The molecule has 2 aromatic rings. The van der Waals surface area contributed by atoms with Crippen LogP contribution in [0.2, 0.25) is 0 Å². The van der Waals surface area contributed by atoms with Crippen LogP contribution in [0.15, 0.2) is 15.4 Å². The molecular weight excluding hydrogens is 388 g/mol. The molecule has 2 heterocycles. The van der Waals surface area contributed by atoms with Crippen LogP contribution in [0.25, 0.3) is 11.0 Å². The number of furan rings is 1. The first-order chi connectivity index (χ1) is 13.8. The van der Waals surface area contributed by atoms with Crippen LogP contribution in [0.3, 0.4) is 0 Å². The summed E-state index contributed by atoms with van der Waals surface area (Å²) >= 11 is 0. The molecule has 158 valence electrons. The van der Waals surface area contributed by atoms with Crippen LogP contribution in [-0.2, 0) is 10.0 Å². The average molecular weight is 419 g/mol. The van der Waals surface area contributed by atoms with E-state index in [1.807, 2.05) is 26.8 Å². The van der Waals surface area contributed by atoms with E-state index in [-0.39, 0.29) is 22.6 Å². The van der Waals surface area contributed by atoms with E-state index in [0.717, 1.165) is 63.6 Å². The van der Waals surface area contributed by atoms with Crippen LogP contribution in [0.5, 0.6) is 0 Å². The maximum atomic E-state index is 13.4. The second kappa shape index (κ2) is 7.76. The van der Waals surface area contributed by atoms with Gasteiger partial charge in [0.15, 0.2) is 11.3 Å². The molecule has 7 heteroatoms. The summed E-state index contributed by atoms with van der Waals surface area (Å²) in [7, 11) is -3.76. The summed E-state index contributed by atoms with van der Waals surface area (Å²) < 4.78 is 35.6. The number of rotatable bonds is 4. The van der Waals surface area contributed by atoms with Gasteiger partial charge in [-0.05, 0) is 63.6 Å². The predicted octanol–water partition coefficient (Wildman–Crippen LogP) is 4.21. The van der Waals surface area contributed by atoms with E-state index in [2.05, 4.69) is 4.72 Å². The molecule has 0 atom stereocenters. The fourth-order valence-electron chi connectivity index (χ4n) is 4.63. The fourth-order valence-corrected chi connectivity index (χ4v) is 6.39. The van der Waals surface area contributed by atoms with E-state index in [9.17, 15) is 13.2 Å². The van der Waals surface area contributed by atoms with E-state index >= 15 is 0 Å². The summed E-state index contributed by atoms with van der Waals surface area (Å²) in [6, 6.07) is 1.90. The number of nitrogens with one attached hydrogen (secondary N) is 1. The fraction of sp³-hybridized carbons (Fsp3) is 0.591. The molecule has 29 heavy (non-hydrogen) atoms. The van der Waals surface area contributed by atoms with Crippen molar-refractivity contribution in [2.45, 2.75) is 76.7 Å². The van der Waals surface area contributed by atoms with E-state index in [4.69, 9.17) is 4.42 Å². The number of amides is 1. The Morgan fingerprint density at radius 2 is 1.69 bits per heavy atom. The highest BCUT2D eigenvalue weighted by Crippen LogP contribution is 2.36. The molecule has 2 aliphatic rings. The molecule has 1 aliphatic heterocycles. The van der Waals surface area contributed by atoms with Gasteiger partial charge in [0.1, 0.15) is 4.90 Å². The van der Waals surface area contributed by atoms with Crippen molar-refractivity contribution in [1.82, 2.24) is 9.62 Å².